The molecule has 26 heavy (non-hydrogen) atoms. The average Bonchev–Trinajstić information content (AvgIpc) is 3.19. The second-order valence-corrected chi connectivity index (χ2v) is 6.46. The molecule has 1 aliphatic heterocycles. The molecule has 2 heterocycles. The van der Waals surface area contributed by atoms with Crippen LogP contribution < -0.4 is 10.5 Å². The number of carbonyl (C=O) groups is 2. The Hall–Kier alpha value is -2.87. The molecule has 0 unspecified atom stereocenters. The molecule has 1 aliphatic rings. The van der Waals surface area contributed by atoms with E-state index in [0.717, 1.165) is 5.69 Å². The highest BCUT2D eigenvalue weighted by atomic mass is 16.5. The van der Waals surface area contributed by atoms with Crippen LogP contribution >= 0.6 is 0 Å². The second kappa shape index (κ2) is 7.57. The van der Waals surface area contributed by atoms with Crippen molar-refractivity contribution in [1.29, 1.82) is 0 Å². The van der Waals surface area contributed by atoms with Crippen molar-refractivity contribution in [2.45, 2.75) is 19.4 Å². The van der Waals surface area contributed by atoms with Gasteiger partial charge in [-0.1, -0.05) is 11.2 Å². The fourth-order valence-electron chi connectivity index (χ4n) is 3.05. The molecule has 3 rings (SSSR count). The lowest BCUT2D eigenvalue weighted by atomic mass is 10.0. The van der Waals surface area contributed by atoms with Gasteiger partial charge in [-0.05, 0) is 25.1 Å². The van der Waals surface area contributed by atoms with Crippen LogP contribution in [-0.4, -0.2) is 52.8 Å². The SMILES string of the molecule is Cc1cc(C[C@@H]2CN(C(=O)c3cccc(OCC(N)=O)c3)C[C@@H]2O)on1. The minimum atomic E-state index is -0.626. The summed E-state index contributed by atoms with van der Waals surface area (Å²) in [7, 11) is 0. The largest absolute Gasteiger partial charge is 0.484 e. The first-order chi connectivity index (χ1) is 12.4. The highest BCUT2D eigenvalue weighted by molar-refractivity contribution is 5.94. The number of rotatable bonds is 6. The molecule has 0 aliphatic carbocycles. The minimum absolute atomic E-state index is 0.111. The van der Waals surface area contributed by atoms with E-state index in [4.69, 9.17) is 15.0 Å². The Morgan fingerprint density at radius 2 is 2.19 bits per heavy atom. The first-order valence-corrected chi connectivity index (χ1v) is 8.33. The van der Waals surface area contributed by atoms with Crippen LogP contribution in [0.25, 0.3) is 0 Å². The zero-order chi connectivity index (χ0) is 18.7. The van der Waals surface area contributed by atoms with Gasteiger partial charge in [0.05, 0.1) is 11.8 Å². The van der Waals surface area contributed by atoms with Crippen LogP contribution in [0.5, 0.6) is 5.75 Å². The normalized spacial score (nSPS) is 19.5. The van der Waals surface area contributed by atoms with E-state index >= 15 is 0 Å². The molecule has 2 atom stereocenters. The van der Waals surface area contributed by atoms with Crippen molar-refractivity contribution >= 4 is 11.8 Å². The van der Waals surface area contributed by atoms with Gasteiger partial charge in [0.2, 0.25) is 0 Å². The number of amides is 2. The van der Waals surface area contributed by atoms with E-state index in [1.807, 2.05) is 13.0 Å². The predicted molar refractivity (Wildman–Crippen MR) is 91.5 cm³/mol. The van der Waals surface area contributed by atoms with E-state index in [2.05, 4.69) is 5.16 Å². The smallest absolute Gasteiger partial charge is 0.255 e. The molecule has 3 N–H and O–H groups in total. The van der Waals surface area contributed by atoms with Gasteiger partial charge in [0.1, 0.15) is 11.5 Å². The summed E-state index contributed by atoms with van der Waals surface area (Å²) in [4.78, 5) is 25.1. The summed E-state index contributed by atoms with van der Waals surface area (Å²) in [6.45, 7) is 2.26. The number of nitrogens with zero attached hydrogens (tertiary/aromatic N) is 2. The zero-order valence-electron chi connectivity index (χ0n) is 14.4. The molecule has 0 bridgehead atoms. The summed E-state index contributed by atoms with van der Waals surface area (Å²) in [6, 6.07) is 8.37. The van der Waals surface area contributed by atoms with Gasteiger partial charge in [-0.15, -0.1) is 0 Å². The van der Waals surface area contributed by atoms with E-state index in [9.17, 15) is 14.7 Å². The number of benzene rings is 1. The molecule has 138 valence electrons. The van der Waals surface area contributed by atoms with Gasteiger partial charge in [-0.3, -0.25) is 9.59 Å². The summed E-state index contributed by atoms with van der Waals surface area (Å²) < 4.78 is 10.4. The van der Waals surface area contributed by atoms with E-state index < -0.39 is 12.0 Å². The molecule has 1 aromatic heterocycles. The van der Waals surface area contributed by atoms with Crippen LogP contribution in [0.3, 0.4) is 0 Å². The van der Waals surface area contributed by atoms with Crippen LogP contribution in [0.15, 0.2) is 34.9 Å². The Morgan fingerprint density at radius 3 is 2.88 bits per heavy atom. The molecule has 8 heteroatoms. The Labute approximate surface area is 150 Å². The highest BCUT2D eigenvalue weighted by Gasteiger charge is 2.35. The van der Waals surface area contributed by atoms with E-state index in [0.29, 0.717) is 30.0 Å². The Kier molecular flexibility index (Phi) is 5.22. The topological polar surface area (TPSA) is 119 Å². The Bertz CT molecular complexity index is 804. The lowest BCUT2D eigenvalue weighted by molar-refractivity contribution is -0.119. The lowest BCUT2D eigenvalue weighted by Crippen LogP contribution is -2.29. The summed E-state index contributed by atoms with van der Waals surface area (Å²) in [6.07, 6.45) is -0.105. The number of aryl methyl sites for hydroxylation is 1. The van der Waals surface area contributed by atoms with Gasteiger partial charge in [0.15, 0.2) is 6.61 Å². The van der Waals surface area contributed by atoms with Crippen LogP contribution in [0.1, 0.15) is 21.8 Å². The van der Waals surface area contributed by atoms with Crippen LogP contribution in [-0.2, 0) is 11.2 Å². The van der Waals surface area contributed by atoms with E-state index in [-0.39, 0.29) is 25.0 Å². The van der Waals surface area contributed by atoms with Gasteiger partial charge < -0.3 is 25.0 Å². The third-order valence-corrected chi connectivity index (χ3v) is 4.30. The number of aliphatic hydroxyl groups is 1. The van der Waals surface area contributed by atoms with E-state index in [1.54, 1.807) is 29.2 Å². The Morgan fingerprint density at radius 1 is 1.38 bits per heavy atom. The van der Waals surface area contributed by atoms with Crippen molar-refractivity contribution in [2.75, 3.05) is 19.7 Å². The van der Waals surface area contributed by atoms with Crippen molar-refractivity contribution in [3.8, 4) is 5.75 Å². The van der Waals surface area contributed by atoms with Crippen molar-refractivity contribution in [3.63, 3.8) is 0 Å². The fourth-order valence-corrected chi connectivity index (χ4v) is 3.05. The maximum absolute atomic E-state index is 12.7. The van der Waals surface area contributed by atoms with Crippen molar-refractivity contribution < 1.29 is 24.0 Å². The number of nitrogens with two attached hydrogens (primary N) is 1. The minimum Gasteiger partial charge on any atom is -0.484 e. The molecular formula is C18H21N3O5. The molecule has 1 fully saturated rings. The summed E-state index contributed by atoms with van der Waals surface area (Å²) in [5.74, 6) is 0.186. The number of aromatic nitrogens is 1. The first-order valence-electron chi connectivity index (χ1n) is 8.33. The summed E-state index contributed by atoms with van der Waals surface area (Å²) >= 11 is 0. The standard InChI is InChI=1S/C18H21N3O5/c1-11-5-15(26-20-11)7-13-8-21(9-16(13)22)18(24)12-3-2-4-14(6-12)25-10-17(19)23/h2-6,13,16,22H,7-10H2,1H3,(H2,19,23)/t13-,16+/m1/s1. The summed E-state index contributed by atoms with van der Waals surface area (Å²) in [5, 5.41) is 14.1. The highest BCUT2D eigenvalue weighted by Crippen LogP contribution is 2.24. The molecule has 1 aromatic carbocycles. The van der Waals surface area contributed by atoms with Crippen LogP contribution in [0, 0.1) is 12.8 Å². The molecular weight excluding hydrogens is 338 g/mol. The van der Waals surface area contributed by atoms with Gasteiger partial charge in [-0.2, -0.15) is 0 Å². The fraction of sp³-hybridized carbons (Fsp3) is 0.389. The first kappa shape index (κ1) is 17.9. The quantitative estimate of drug-likeness (QED) is 0.776. The molecule has 2 aromatic rings. The van der Waals surface area contributed by atoms with Gasteiger partial charge in [-0.25, -0.2) is 0 Å². The Balaban J connectivity index is 1.65. The average molecular weight is 359 g/mol. The number of ether oxygens (including phenoxy) is 1. The van der Waals surface area contributed by atoms with Gasteiger partial charge in [0.25, 0.3) is 11.8 Å². The molecule has 8 nitrogen and oxygen atoms in total. The molecule has 0 saturated carbocycles. The van der Waals surface area contributed by atoms with Crippen molar-refractivity contribution in [2.24, 2.45) is 11.7 Å². The molecule has 1 saturated heterocycles. The maximum atomic E-state index is 12.7. The third-order valence-electron chi connectivity index (χ3n) is 4.30. The number of aliphatic hydroxyl groups excluding tert-OH is 1. The van der Waals surface area contributed by atoms with Crippen molar-refractivity contribution in [3.05, 3.63) is 47.3 Å². The van der Waals surface area contributed by atoms with E-state index in [1.165, 1.54) is 0 Å². The van der Waals surface area contributed by atoms with Crippen LogP contribution in [0.2, 0.25) is 0 Å². The number of likely N-dealkylation sites (tertiary alicyclic amines) is 1. The number of primary amides is 1. The lowest BCUT2D eigenvalue weighted by Gasteiger charge is -2.16. The molecule has 0 spiro atoms. The monoisotopic (exact) mass is 359 g/mol. The number of hydrogen-bond acceptors (Lipinski definition) is 6. The second-order valence-electron chi connectivity index (χ2n) is 6.46. The summed E-state index contributed by atoms with van der Waals surface area (Å²) in [5.41, 5.74) is 6.27. The van der Waals surface area contributed by atoms with Gasteiger partial charge in [0, 0.05) is 37.1 Å². The number of hydrogen-bond donors (Lipinski definition) is 2. The maximum Gasteiger partial charge on any atom is 0.255 e. The zero-order valence-corrected chi connectivity index (χ0v) is 14.4. The third kappa shape index (κ3) is 4.20. The number of carbonyl (C=O) groups excluding carboxylic acids is 2. The van der Waals surface area contributed by atoms with Crippen LogP contribution in [0.4, 0.5) is 0 Å². The molecule has 2 amide bonds. The number of β-amino-alcohol motifs (C(OH)–C–C–N with tert-alkyl or cyclic N) is 1. The predicted octanol–water partition coefficient (Wildman–Crippen LogP) is 0.523. The van der Waals surface area contributed by atoms with Crippen molar-refractivity contribution in [1.82, 2.24) is 10.1 Å². The van der Waals surface area contributed by atoms with Gasteiger partial charge >= 0.3 is 0 Å². The molecule has 0 radical (unpaired) electrons.